The van der Waals surface area contributed by atoms with E-state index in [4.69, 9.17) is 22.1 Å². The number of ether oxygens (including phenoxy) is 1. The predicted octanol–water partition coefficient (Wildman–Crippen LogP) is 2.86. The van der Waals surface area contributed by atoms with Crippen molar-refractivity contribution in [2.45, 2.75) is 19.9 Å². The molecule has 0 aliphatic carbocycles. The molecule has 2 N–H and O–H groups in total. The first-order valence-corrected chi connectivity index (χ1v) is 6.04. The molecular formula is C13H16ClN3O. The highest BCUT2D eigenvalue weighted by Crippen LogP contribution is 2.31. The summed E-state index contributed by atoms with van der Waals surface area (Å²) in [6.45, 7) is 3.87. The zero-order valence-electron chi connectivity index (χ0n) is 10.6. The number of nitrogens with two attached hydrogens (primary N) is 1. The number of methoxy groups -OCH3 is 1. The minimum atomic E-state index is -0.104. The lowest BCUT2D eigenvalue weighted by Gasteiger charge is -2.15. The Hall–Kier alpha value is -1.52. The molecule has 1 aromatic carbocycles. The number of hydrogen-bond acceptors (Lipinski definition) is 3. The third kappa shape index (κ3) is 2.21. The van der Waals surface area contributed by atoms with E-state index in [1.165, 1.54) is 0 Å². The summed E-state index contributed by atoms with van der Waals surface area (Å²) in [5.74, 6) is 0.700. The van der Waals surface area contributed by atoms with Crippen molar-refractivity contribution in [3.63, 3.8) is 0 Å². The Morgan fingerprint density at radius 2 is 2.17 bits per heavy atom. The maximum absolute atomic E-state index is 6.10. The topological polar surface area (TPSA) is 53.1 Å². The standard InChI is InChI=1S/C13H16ClN3O/c1-8-4-11(13(18-3)5-10(8)14)17-7-16-6-12(17)9(2)15/h4-7,9H,15H2,1-3H3/t9-/m1/s1. The average molecular weight is 266 g/mol. The largest absolute Gasteiger partial charge is 0.495 e. The summed E-state index contributed by atoms with van der Waals surface area (Å²) in [5.41, 5.74) is 8.73. The molecule has 96 valence electrons. The average Bonchev–Trinajstić information content (AvgIpc) is 2.81. The van der Waals surface area contributed by atoms with Crippen LogP contribution in [0.15, 0.2) is 24.7 Å². The van der Waals surface area contributed by atoms with Gasteiger partial charge in [0.2, 0.25) is 0 Å². The second-order valence-corrected chi connectivity index (χ2v) is 4.66. The summed E-state index contributed by atoms with van der Waals surface area (Å²) < 4.78 is 7.29. The highest BCUT2D eigenvalue weighted by Gasteiger charge is 2.14. The van der Waals surface area contributed by atoms with Gasteiger partial charge in [-0.3, -0.25) is 4.57 Å². The molecule has 0 radical (unpaired) electrons. The van der Waals surface area contributed by atoms with Gasteiger partial charge in [0.25, 0.3) is 0 Å². The Morgan fingerprint density at radius 1 is 1.44 bits per heavy atom. The lowest BCUT2D eigenvalue weighted by Crippen LogP contribution is -2.11. The molecule has 0 aliphatic heterocycles. The fourth-order valence-electron chi connectivity index (χ4n) is 1.84. The normalized spacial score (nSPS) is 12.5. The van der Waals surface area contributed by atoms with E-state index in [0.29, 0.717) is 10.8 Å². The summed E-state index contributed by atoms with van der Waals surface area (Å²) >= 11 is 6.10. The minimum absolute atomic E-state index is 0.104. The monoisotopic (exact) mass is 265 g/mol. The van der Waals surface area contributed by atoms with Crippen LogP contribution in [0.3, 0.4) is 0 Å². The van der Waals surface area contributed by atoms with E-state index in [9.17, 15) is 0 Å². The van der Waals surface area contributed by atoms with Gasteiger partial charge in [-0.05, 0) is 25.5 Å². The van der Waals surface area contributed by atoms with Crippen LogP contribution >= 0.6 is 11.6 Å². The van der Waals surface area contributed by atoms with E-state index in [-0.39, 0.29) is 6.04 Å². The highest BCUT2D eigenvalue weighted by molar-refractivity contribution is 6.31. The lowest BCUT2D eigenvalue weighted by molar-refractivity contribution is 0.412. The van der Waals surface area contributed by atoms with E-state index in [2.05, 4.69) is 4.98 Å². The van der Waals surface area contributed by atoms with Crippen LogP contribution in [-0.4, -0.2) is 16.7 Å². The van der Waals surface area contributed by atoms with Crippen LogP contribution in [-0.2, 0) is 0 Å². The quantitative estimate of drug-likeness (QED) is 0.928. The van der Waals surface area contributed by atoms with Crippen molar-refractivity contribution >= 4 is 11.6 Å². The van der Waals surface area contributed by atoms with Gasteiger partial charge in [0.05, 0.1) is 31.0 Å². The first-order chi connectivity index (χ1) is 8.54. The van der Waals surface area contributed by atoms with Crippen LogP contribution in [0.5, 0.6) is 5.75 Å². The van der Waals surface area contributed by atoms with Crippen LogP contribution in [0.1, 0.15) is 24.2 Å². The third-order valence-corrected chi connectivity index (χ3v) is 3.26. The Labute approximate surface area is 111 Å². The number of aryl methyl sites for hydroxylation is 1. The van der Waals surface area contributed by atoms with Crippen LogP contribution in [0.4, 0.5) is 0 Å². The smallest absolute Gasteiger partial charge is 0.144 e. The Bertz CT molecular complexity index is 563. The molecule has 0 unspecified atom stereocenters. The van der Waals surface area contributed by atoms with Gasteiger partial charge in [0.15, 0.2) is 0 Å². The maximum Gasteiger partial charge on any atom is 0.144 e. The van der Waals surface area contributed by atoms with E-state index < -0.39 is 0 Å². The van der Waals surface area contributed by atoms with E-state index >= 15 is 0 Å². The number of hydrogen-bond donors (Lipinski definition) is 1. The van der Waals surface area contributed by atoms with Crippen molar-refractivity contribution in [2.24, 2.45) is 5.73 Å². The van der Waals surface area contributed by atoms with E-state index in [0.717, 1.165) is 16.9 Å². The number of rotatable bonds is 3. The first kappa shape index (κ1) is 12.9. The summed E-state index contributed by atoms with van der Waals surface area (Å²) in [6.07, 6.45) is 3.48. The molecule has 18 heavy (non-hydrogen) atoms. The summed E-state index contributed by atoms with van der Waals surface area (Å²) in [4.78, 5) is 4.14. The van der Waals surface area contributed by atoms with Crippen molar-refractivity contribution in [2.75, 3.05) is 7.11 Å². The lowest BCUT2D eigenvalue weighted by atomic mass is 10.2. The molecule has 0 amide bonds. The Morgan fingerprint density at radius 3 is 2.78 bits per heavy atom. The molecule has 0 aliphatic rings. The summed E-state index contributed by atoms with van der Waals surface area (Å²) in [5, 5.41) is 0.679. The highest BCUT2D eigenvalue weighted by atomic mass is 35.5. The zero-order chi connectivity index (χ0) is 13.3. The second-order valence-electron chi connectivity index (χ2n) is 4.25. The number of benzene rings is 1. The Balaban J connectivity index is 2.63. The molecule has 4 nitrogen and oxygen atoms in total. The van der Waals surface area contributed by atoms with Gasteiger partial charge in [-0.15, -0.1) is 0 Å². The molecule has 1 aromatic heterocycles. The molecule has 0 saturated heterocycles. The summed E-state index contributed by atoms with van der Waals surface area (Å²) in [6, 6.07) is 3.67. The molecule has 1 heterocycles. The molecule has 0 bridgehead atoms. The van der Waals surface area contributed by atoms with Crippen LogP contribution in [0, 0.1) is 6.92 Å². The molecule has 1 atom stereocenters. The van der Waals surface area contributed by atoms with Crippen molar-refractivity contribution < 1.29 is 4.74 Å². The number of halogens is 1. The van der Waals surface area contributed by atoms with Crippen LogP contribution < -0.4 is 10.5 Å². The van der Waals surface area contributed by atoms with Crippen molar-refractivity contribution in [3.8, 4) is 11.4 Å². The fourth-order valence-corrected chi connectivity index (χ4v) is 2.00. The number of imidazole rings is 1. The molecule has 2 rings (SSSR count). The molecule has 2 aromatic rings. The van der Waals surface area contributed by atoms with Crippen molar-refractivity contribution in [1.29, 1.82) is 0 Å². The Kier molecular flexibility index (Phi) is 3.59. The minimum Gasteiger partial charge on any atom is -0.495 e. The third-order valence-electron chi connectivity index (χ3n) is 2.85. The summed E-state index contributed by atoms with van der Waals surface area (Å²) in [7, 11) is 1.62. The SMILES string of the molecule is COc1cc(Cl)c(C)cc1-n1cncc1[C@@H](C)N. The van der Waals surface area contributed by atoms with Crippen molar-refractivity contribution in [1.82, 2.24) is 9.55 Å². The van der Waals surface area contributed by atoms with E-state index in [1.54, 1.807) is 25.7 Å². The van der Waals surface area contributed by atoms with Gasteiger partial charge in [0, 0.05) is 17.1 Å². The molecule has 0 spiro atoms. The van der Waals surface area contributed by atoms with Gasteiger partial charge >= 0.3 is 0 Å². The molecular weight excluding hydrogens is 250 g/mol. The molecule has 0 fully saturated rings. The van der Waals surface area contributed by atoms with Gasteiger partial charge < -0.3 is 10.5 Å². The van der Waals surface area contributed by atoms with Gasteiger partial charge in [0.1, 0.15) is 5.75 Å². The van der Waals surface area contributed by atoms with Gasteiger partial charge in [-0.25, -0.2) is 4.98 Å². The number of nitrogens with zero attached hydrogens (tertiary/aromatic N) is 2. The van der Waals surface area contributed by atoms with Crippen molar-refractivity contribution in [3.05, 3.63) is 40.9 Å². The van der Waals surface area contributed by atoms with Crippen LogP contribution in [0.25, 0.3) is 5.69 Å². The first-order valence-electron chi connectivity index (χ1n) is 5.67. The molecule has 5 heteroatoms. The number of aromatic nitrogens is 2. The van der Waals surface area contributed by atoms with Crippen LogP contribution in [0.2, 0.25) is 5.02 Å². The molecule has 0 saturated carbocycles. The maximum atomic E-state index is 6.10. The van der Waals surface area contributed by atoms with Gasteiger partial charge in [-0.2, -0.15) is 0 Å². The second kappa shape index (κ2) is 5.00. The predicted molar refractivity (Wildman–Crippen MR) is 72.5 cm³/mol. The fraction of sp³-hybridized carbons (Fsp3) is 0.308. The van der Waals surface area contributed by atoms with E-state index in [1.807, 2.05) is 24.5 Å². The zero-order valence-corrected chi connectivity index (χ0v) is 11.4. The van der Waals surface area contributed by atoms with Gasteiger partial charge in [-0.1, -0.05) is 11.6 Å².